The first-order chi connectivity index (χ1) is 6.69. The molecule has 4 nitrogen and oxygen atoms in total. The summed E-state index contributed by atoms with van der Waals surface area (Å²) < 4.78 is 5.10. The van der Waals surface area contributed by atoms with E-state index in [4.69, 9.17) is 10.5 Å². The molecule has 1 rings (SSSR count). The Kier molecular flexibility index (Phi) is 4.81. The first-order valence-electron chi connectivity index (χ1n) is 5.32. The SMILES string of the molecule is COCCN1CC(C)N(C)CC1CN. The highest BCUT2D eigenvalue weighted by Crippen LogP contribution is 2.12. The van der Waals surface area contributed by atoms with Gasteiger partial charge < -0.3 is 15.4 Å². The molecule has 0 aromatic carbocycles. The summed E-state index contributed by atoms with van der Waals surface area (Å²) >= 11 is 0. The zero-order valence-electron chi connectivity index (χ0n) is 9.57. The average molecular weight is 201 g/mol. The van der Waals surface area contributed by atoms with Crippen LogP contribution in [0.3, 0.4) is 0 Å². The molecule has 2 N–H and O–H groups in total. The minimum absolute atomic E-state index is 0.492. The standard InChI is InChI=1S/C10H23N3O/c1-9-7-13(4-5-14-3)10(6-11)8-12(9)2/h9-10H,4-8,11H2,1-3H3. The molecule has 1 aliphatic heterocycles. The first kappa shape index (κ1) is 11.9. The normalized spacial score (nSPS) is 30.9. The summed E-state index contributed by atoms with van der Waals surface area (Å²) in [7, 11) is 3.91. The summed E-state index contributed by atoms with van der Waals surface area (Å²) in [5.41, 5.74) is 5.76. The summed E-state index contributed by atoms with van der Waals surface area (Å²) in [6.07, 6.45) is 0. The van der Waals surface area contributed by atoms with Crippen molar-refractivity contribution < 1.29 is 4.74 Å². The van der Waals surface area contributed by atoms with Crippen molar-refractivity contribution in [2.24, 2.45) is 5.73 Å². The summed E-state index contributed by atoms with van der Waals surface area (Å²) in [6, 6.07) is 1.11. The lowest BCUT2D eigenvalue weighted by Gasteiger charge is -2.43. The zero-order valence-corrected chi connectivity index (χ0v) is 9.57. The molecule has 0 bridgehead atoms. The maximum atomic E-state index is 5.76. The van der Waals surface area contributed by atoms with Gasteiger partial charge in [-0.05, 0) is 14.0 Å². The van der Waals surface area contributed by atoms with Crippen molar-refractivity contribution in [3.8, 4) is 0 Å². The number of hydrogen-bond donors (Lipinski definition) is 1. The van der Waals surface area contributed by atoms with E-state index in [0.29, 0.717) is 12.1 Å². The van der Waals surface area contributed by atoms with Crippen LogP contribution in [0.15, 0.2) is 0 Å². The predicted molar refractivity (Wildman–Crippen MR) is 58.4 cm³/mol. The van der Waals surface area contributed by atoms with Gasteiger partial charge in [-0.25, -0.2) is 0 Å². The third kappa shape index (κ3) is 2.92. The van der Waals surface area contributed by atoms with Gasteiger partial charge in [0.2, 0.25) is 0 Å². The molecule has 84 valence electrons. The van der Waals surface area contributed by atoms with Crippen molar-refractivity contribution >= 4 is 0 Å². The van der Waals surface area contributed by atoms with E-state index in [1.54, 1.807) is 7.11 Å². The van der Waals surface area contributed by atoms with Gasteiger partial charge in [-0.1, -0.05) is 0 Å². The fourth-order valence-electron chi connectivity index (χ4n) is 1.96. The maximum absolute atomic E-state index is 5.76. The largest absolute Gasteiger partial charge is 0.383 e. The van der Waals surface area contributed by atoms with Crippen molar-refractivity contribution in [2.75, 3.05) is 46.9 Å². The first-order valence-corrected chi connectivity index (χ1v) is 5.32. The summed E-state index contributed by atoms with van der Waals surface area (Å²) in [5.74, 6) is 0. The highest BCUT2D eigenvalue weighted by molar-refractivity contribution is 4.85. The molecule has 1 heterocycles. The summed E-state index contributed by atoms with van der Waals surface area (Å²) in [6.45, 7) is 6.96. The van der Waals surface area contributed by atoms with Crippen LogP contribution < -0.4 is 5.73 Å². The highest BCUT2D eigenvalue weighted by Gasteiger charge is 2.27. The van der Waals surface area contributed by atoms with Gasteiger partial charge in [0, 0.05) is 45.4 Å². The molecule has 2 atom stereocenters. The number of rotatable bonds is 4. The van der Waals surface area contributed by atoms with Gasteiger partial charge in [-0.3, -0.25) is 4.90 Å². The van der Waals surface area contributed by atoms with E-state index in [1.165, 1.54) is 0 Å². The lowest BCUT2D eigenvalue weighted by Crippen LogP contribution is -2.58. The van der Waals surface area contributed by atoms with Crippen LogP contribution >= 0.6 is 0 Å². The molecule has 0 aromatic rings. The second-order valence-corrected chi connectivity index (χ2v) is 4.17. The molecule has 1 aliphatic rings. The molecule has 0 aliphatic carbocycles. The Labute approximate surface area is 87.0 Å². The molecular formula is C10H23N3O. The van der Waals surface area contributed by atoms with Crippen LogP contribution in [0.2, 0.25) is 0 Å². The van der Waals surface area contributed by atoms with Gasteiger partial charge >= 0.3 is 0 Å². The van der Waals surface area contributed by atoms with Crippen molar-refractivity contribution in [1.82, 2.24) is 9.80 Å². The van der Waals surface area contributed by atoms with Crippen LogP contribution in [0.25, 0.3) is 0 Å². The Morgan fingerprint density at radius 2 is 2.14 bits per heavy atom. The lowest BCUT2D eigenvalue weighted by atomic mass is 10.1. The van der Waals surface area contributed by atoms with Crippen LogP contribution in [0.1, 0.15) is 6.92 Å². The van der Waals surface area contributed by atoms with Crippen molar-refractivity contribution in [1.29, 1.82) is 0 Å². The molecule has 0 spiro atoms. The Morgan fingerprint density at radius 3 is 2.71 bits per heavy atom. The van der Waals surface area contributed by atoms with Gasteiger partial charge in [0.25, 0.3) is 0 Å². The van der Waals surface area contributed by atoms with Gasteiger partial charge in [0.15, 0.2) is 0 Å². The smallest absolute Gasteiger partial charge is 0.0589 e. The molecular weight excluding hydrogens is 178 g/mol. The molecule has 0 saturated carbocycles. The number of likely N-dealkylation sites (N-methyl/N-ethyl adjacent to an activating group) is 1. The monoisotopic (exact) mass is 201 g/mol. The molecule has 0 amide bonds. The number of hydrogen-bond acceptors (Lipinski definition) is 4. The molecule has 14 heavy (non-hydrogen) atoms. The van der Waals surface area contributed by atoms with E-state index in [0.717, 1.165) is 32.8 Å². The maximum Gasteiger partial charge on any atom is 0.0589 e. The van der Waals surface area contributed by atoms with Crippen LogP contribution in [-0.2, 0) is 4.74 Å². The number of nitrogens with two attached hydrogens (primary N) is 1. The average Bonchev–Trinajstić information content (AvgIpc) is 2.19. The van der Waals surface area contributed by atoms with Crippen LogP contribution in [0.5, 0.6) is 0 Å². The number of piperazine rings is 1. The zero-order chi connectivity index (χ0) is 10.6. The molecule has 2 unspecified atom stereocenters. The molecule has 0 aromatic heterocycles. The van der Waals surface area contributed by atoms with E-state index < -0.39 is 0 Å². The third-order valence-electron chi connectivity index (χ3n) is 3.12. The number of nitrogens with zero attached hydrogens (tertiary/aromatic N) is 2. The second-order valence-electron chi connectivity index (χ2n) is 4.17. The minimum atomic E-state index is 0.492. The molecule has 1 saturated heterocycles. The van der Waals surface area contributed by atoms with Crippen LogP contribution in [0.4, 0.5) is 0 Å². The quantitative estimate of drug-likeness (QED) is 0.672. The minimum Gasteiger partial charge on any atom is -0.383 e. The Balaban J connectivity index is 2.45. The third-order valence-corrected chi connectivity index (χ3v) is 3.12. The van der Waals surface area contributed by atoms with Crippen LogP contribution in [0, 0.1) is 0 Å². The van der Waals surface area contributed by atoms with Gasteiger partial charge in [-0.2, -0.15) is 0 Å². The number of ether oxygens (including phenoxy) is 1. The van der Waals surface area contributed by atoms with Gasteiger partial charge in [0.1, 0.15) is 0 Å². The Bertz CT molecular complexity index is 165. The second kappa shape index (κ2) is 5.66. The van der Waals surface area contributed by atoms with E-state index >= 15 is 0 Å². The fourth-order valence-corrected chi connectivity index (χ4v) is 1.96. The van der Waals surface area contributed by atoms with Crippen molar-refractivity contribution in [3.63, 3.8) is 0 Å². The predicted octanol–water partition coefficient (Wildman–Crippen LogP) is -0.404. The summed E-state index contributed by atoms with van der Waals surface area (Å²) in [4.78, 5) is 4.81. The summed E-state index contributed by atoms with van der Waals surface area (Å²) in [5, 5.41) is 0. The molecule has 1 fully saturated rings. The van der Waals surface area contributed by atoms with Crippen LogP contribution in [-0.4, -0.2) is 68.8 Å². The van der Waals surface area contributed by atoms with E-state index in [1.807, 2.05) is 0 Å². The molecule has 0 radical (unpaired) electrons. The van der Waals surface area contributed by atoms with Crippen molar-refractivity contribution in [3.05, 3.63) is 0 Å². The fraction of sp³-hybridized carbons (Fsp3) is 1.00. The molecule has 4 heteroatoms. The Morgan fingerprint density at radius 1 is 1.43 bits per heavy atom. The topological polar surface area (TPSA) is 41.7 Å². The van der Waals surface area contributed by atoms with Crippen molar-refractivity contribution in [2.45, 2.75) is 19.0 Å². The van der Waals surface area contributed by atoms with Gasteiger partial charge in [0.05, 0.1) is 6.61 Å². The number of methoxy groups -OCH3 is 1. The van der Waals surface area contributed by atoms with E-state index in [2.05, 4.69) is 23.8 Å². The van der Waals surface area contributed by atoms with Gasteiger partial charge in [-0.15, -0.1) is 0 Å². The van der Waals surface area contributed by atoms with E-state index in [9.17, 15) is 0 Å². The Hall–Kier alpha value is -0.160. The van der Waals surface area contributed by atoms with E-state index in [-0.39, 0.29) is 0 Å². The lowest BCUT2D eigenvalue weighted by molar-refractivity contribution is 0.0366. The highest BCUT2D eigenvalue weighted by atomic mass is 16.5.